The Morgan fingerprint density at radius 3 is 2.50 bits per heavy atom. The van der Waals surface area contributed by atoms with E-state index in [0.29, 0.717) is 11.1 Å². The van der Waals surface area contributed by atoms with Crippen molar-refractivity contribution in [2.24, 2.45) is 0 Å². The van der Waals surface area contributed by atoms with Crippen LogP contribution in [-0.2, 0) is 16.1 Å². The lowest BCUT2D eigenvalue weighted by molar-refractivity contribution is -0.386. The number of nitrogens with zero attached hydrogens (tertiary/aromatic N) is 3. The first-order chi connectivity index (χ1) is 15.4. The van der Waals surface area contributed by atoms with Crippen molar-refractivity contribution in [2.75, 3.05) is 0 Å². The predicted molar refractivity (Wildman–Crippen MR) is 116 cm³/mol. The van der Waals surface area contributed by atoms with E-state index in [1.54, 1.807) is 36.5 Å². The Morgan fingerprint density at radius 1 is 1.12 bits per heavy atom. The van der Waals surface area contributed by atoms with Crippen molar-refractivity contribution in [3.8, 4) is 0 Å². The fourth-order valence-electron chi connectivity index (χ4n) is 3.71. The van der Waals surface area contributed by atoms with Crippen LogP contribution >= 0.6 is 0 Å². The Morgan fingerprint density at radius 2 is 1.81 bits per heavy atom. The number of aryl methyl sites for hydroxylation is 1. The van der Waals surface area contributed by atoms with Crippen molar-refractivity contribution >= 4 is 28.3 Å². The number of Topliss-reactive ketones (excluding diaryl/α,β-unsaturated/α-hetero) is 1. The van der Waals surface area contributed by atoms with Crippen LogP contribution in [-0.4, -0.2) is 31.4 Å². The molecule has 1 atom stereocenters. The molecule has 32 heavy (non-hydrogen) atoms. The summed E-state index contributed by atoms with van der Waals surface area (Å²) < 4.78 is 6.82. The number of aromatic amines is 1. The molecular formula is C23H20N4O5. The number of ether oxygens (including phenoxy) is 1. The lowest BCUT2D eigenvalue weighted by Crippen LogP contribution is -2.23. The lowest BCUT2D eigenvalue weighted by Gasteiger charge is -2.17. The number of hydrogen-bond acceptors (Lipinski definition) is 6. The van der Waals surface area contributed by atoms with Crippen LogP contribution in [0, 0.1) is 24.0 Å². The molecule has 0 saturated heterocycles. The summed E-state index contributed by atoms with van der Waals surface area (Å²) in [6, 6.07) is 16.1. The van der Waals surface area contributed by atoms with Crippen LogP contribution in [0.5, 0.6) is 0 Å². The third kappa shape index (κ3) is 3.87. The highest BCUT2D eigenvalue weighted by molar-refractivity contribution is 6.10. The van der Waals surface area contributed by atoms with Gasteiger partial charge in [-0.1, -0.05) is 48.5 Å². The molecule has 0 aliphatic heterocycles. The van der Waals surface area contributed by atoms with E-state index in [1.807, 2.05) is 24.3 Å². The number of nitrogens with one attached hydrogen (secondary N) is 1. The van der Waals surface area contributed by atoms with Gasteiger partial charge in [-0.15, -0.1) is 0 Å². The van der Waals surface area contributed by atoms with E-state index in [4.69, 9.17) is 4.74 Å². The van der Waals surface area contributed by atoms with E-state index >= 15 is 0 Å². The second kappa shape index (κ2) is 8.46. The van der Waals surface area contributed by atoms with E-state index in [2.05, 4.69) is 10.1 Å². The van der Waals surface area contributed by atoms with Gasteiger partial charge >= 0.3 is 11.7 Å². The van der Waals surface area contributed by atoms with Crippen molar-refractivity contribution in [1.82, 2.24) is 14.8 Å². The molecule has 0 saturated carbocycles. The molecule has 4 aromatic rings. The van der Waals surface area contributed by atoms with Gasteiger partial charge in [0.25, 0.3) is 0 Å². The van der Waals surface area contributed by atoms with E-state index in [-0.39, 0.29) is 29.4 Å². The molecule has 4 rings (SSSR count). The maximum atomic E-state index is 13.4. The number of aromatic nitrogens is 3. The maximum Gasteiger partial charge on any atom is 0.328 e. The Hall–Kier alpha value is -4.27. The van der Waals surface area contributed by atoms with Gasteiger partial charge in [0.2, 0.25) is 5.78 Å². The van der Waals surface area contributed by atoms with Crippen LogP contribution in [0.3, 0.4) is 0 Å². The van der Waals surface area contributed by atoms with Crippen molar-refractivity contribution in [1.29, 1.82) is 0 Å². The van der Waals surface area contributed by atoms with Gasteiger partial charge in [-0.2, -0.15) is 5.10 Å². The zero-order valence-electron chi connectivity index (χ0n) is 17.4. The van der Waals surface area contributed by atoms with Gasteiger partial charge in [-0.3, -0.25) is 24.4 Å². The van der Waals surface area contributed by atoms with Crippen LogP contribution in [0.25, 0.3) is 10.9 Å². The summed E-state index contributed by atoms with van der Waals surface area (Å²) >= 11 is 0. The summed E-state index contributed by atoms with van der Waals surface area (Å²) in [5.41, 5.74) is 2.02. The quantitative estimate of drug-likeness (QED) is 0.204. The molecule has 2 aromatic carbocycles. The number of hydrogen-bond donors (Lipinski definition) is 1. The minimum atomic E-state index is -1.17. The average molecular weight is 432 g/mol. The van der Waals surface area contributed by atoms with Gasteiger partial charge in [0.05, 0.1) is 4.92 Å². The molecule has 162 valence electrons. The molecule has 2 aromatic heterocycles. The van der Waals surface area contributed by atoms with Crippen LogP contribution in [0.1, 0.15) is 33.4 Å². The third-order valence-electron chi connectivity index (χ3n) is 5.25. The van der Waals surface area contributed by atoms with Crippen LogP contribution < -0.4 is 0 Å². The minimum absolute atomic E-state index is 0.146. The van der Waals surface area contributed by atoms with Crippen LogP contribution in [0.15, 0.2) is 60.8 Å². The van der Waals surface area contributed by atoms with Gasteiger partial charge in [0, 0.05) is 28.2 Å². The third-order valence-corrected chi connectivity index (χ3v) is 5.25. The van der Waals surface area contributed by atoms with E-state index in [1.165, 1.54) is 18.5 Å². The molecular weight excluding hydrogens is 412 g/mol. The van der Waals surface area contributed by atoms with Gasteiger partial charge in [0.15, 0.2) is 6.10 Å². The molecule has 9 heteroatoms. The Kier molecular flexibility index (Phi) is 5.55. The second-order valence-electron chi connectivity index (χ2n) is 7.33. The van der Waals surface area contributed by atoms with Crippen LogP contribution in [0.2, 0.25) is 0 Å². The number of H-pyrrole nitrogens is 1. The second-order valence-corrected chi connectivity index (χ2v) is 7.33. The van der Waals surface area contributed by atoms with Gasteiger partial charge in [0.1, 0.15) is 17.9 Å². The van der Waals surface area contributed by atoms with Gasteiger partial charge in [-0.05, 0) is 19.9 Å². The molecule has 9 nitrogen and oxygen atoms in total. The number of carbonyl (C=O) groups is 2. The summed E-state index contributed by atoms with van der Waals surface area (Å²) in [6.45, 7) is 2.66. The molecule has 0 amide bonds. The van der Waals surface area contributed by atoms with Crippen molar-refractivity contribution in [2.45, 2.75) is 26.5 Å². The highest BCUT2D eigenvalue weighted by Crippen LogP contribution is 2.28. The number of rotatable bonds is 7. The van der Waals surface area contributed by atoms with Gasteiger partial charge in [-0.25, -0.2) is 0 Å². The minimum Gasteiger partial charge on any atom is -0.448 e. The van der Waals surface area contributed by atoms with Crippen molar-refractivity contribution in [3.05, 3.63) is 93.4 Å². The first-order valence-electron chi connectivity index (χ1n) is 9.90. The van der Waals surface area contributed by atoms with E-state index in [9.17, 15) is 19.7 Å². The number of fused-ring (bicyclic) bond motifs is 1. The summed E-state index contributed by atoms with van der Waals surface area (Å²) in [6.07, 6.45) is 0.427. The molecule has 0 radical (unpaired) electrons. The first kappa shape index (κ1) is 21.0. The first-order valence-corrected chi connectivity index (χ1v) is 9.90. The fraction of sp³-hybridized carbons (Fsp3) is 0.174. The number of nitro groups is 1. The van der Waals surface area contributed by atoms with Crippen molar-refractivity contribution in [3.63, 3.8) is 0 Å². The largest absolute Gasteiger partial charge is 0.448 e. The molecule has 0 aliphatic carbocycles. The molecule has 0 fully saturated rings. The number of para-hydroxylation sites is 1. The lowest BCUT2D eigenvalue weighted by atomic mass is 9.99. The average Bonchev–Trinajstić information content (AvgIpc) is 3.32. The highest BCUT2D eigenvalue weighted by Gasteiger charge is 2.29. The molecule has 0 unspecified atom stereocenters. The number of ketones is 1. The standard InChI is InChI=1S/C23H20N4O5/c1-14-21(27(30)31)15(2)26(25-14)13-20(28)32-23(16-8-4-3-5-9-16)22(29)18-12-24-19-11-7-6-10-17(18)19/h3-12,23-24H,13H2,1-2H3/t23-/m0/s1. The van der Waals surface area contributed by atoms with E-state index < -0.39 is 17.0 Å². The number of benzene rings is 2. The molecule has 0 spiro atoms. The summed E-state index contributed by atoms with van der Waals surface area (Å²) in [5.74, 6) is -1.10. The van der Waals surface area contributed by atoms with Crippen molar-refractivity contribution < 1.29 is 19.2 Å². The number of esters is 1. The predicted octanol–water partition coefficient (Wildman–Crippen LogP) is 4.06. The summed E-state index contributed by atoms with van der Waals surface area (Å²) in [4.78, 5) is 39.9. The topological polar surface area (TPSA) is 120 Å². The van der Waals surface area contributed by atoms with E-state index in [0.717, 1.165) is 10.9 Å². The Labute approximate surface area is 182 Å². The van der Waals surface area contributed by atoms with Crippen LogP contribution in [0.4, 0.5) is 5.69 Å². The monoisotopic (exact) mass is 432 g/mol. The highest BCUT2D eigenvalue weighted by atomic mass is 16.6. The molecule has 2 heterocycles. The zero-order valence-corrected chi connectivity index (χ0v) is 17.4. The Balaban J connectivity index is 1.64. The smallest absolute Gasteiger partial charge is 0.328 e. The van der Waals surface area contributed by atoms with Gasteiger partial charge < -0.3 is 9.72 Å². The number of carbonyl (C=O) groups excluding carboxylic acids is 2. The Bertz CT molecular complexity index is 1320. The molecule has 0 bridgehead atoms. The normalized spacial score (nSPS) is 11.9. The molecule has 0 aliphatic rings. The molecule has 1 N–H and O–H groups in total. The zero-order chi connectivity index (χ0) is 22.8. The summed E-state index contributed by atoms with van der Waals surface area (Å²) in [5, 5.41) is 16.0. The SMILES string of the molecule is Cc1nn(CC(=O)O[C@H](C(=O)c2c[nH]c3ccccc23)c2ccccc2)c(C)c1[N+](=O)[O-]. The maximum absolute atomic E-state index is 13.4. The fourth-order valence-corrected chi connectivity index (χ4v) is 3.71. The summed E-state index contributed by atoms with van der Waals surface area (Å²) in [7, 11) is 0.